The lowest BCUT2D eigenvalue weighted by Gasteiger charge is -2.14. The molecule has 3 nitrogen and oxygen atoms in total. The summed E-state index contributed by atoms with van der Waals surface area (Å²) in [6.07, 6.45) is -0.758. The molecule has 0 atom stereocenters. The molecule has 0 aliphatic heterocycles. The maximum Gasteiger partial charge on any atom is 0.398 e. The van der Waals surface area contributed by atoms with Gasteiger partial charge in [-0.15, -0.1) is 0 Å². The molecule has 9 heavy (non-hydrogen) atoms. The molecule has 1 N–H and O–H groups in total. The van der Waals surface area contributed by atoms with E-state index in [-0.39, 0.29) is 0 Å². The van der Waals surface area contributed by atoms with Gasteiger partial charge in [-0.2, -0.15) is 0 Å². The number of rotatable bonds is 3. The number of hydrogen-bond acceptors (Lipinski definition) is 1. The Labute approximate surface area is 57.6 Å². The van der Waals surface area contributed by atoms with E-state index in [1.54, 1.807) is 0 Å². The fourth-order valence-corrected chi connectivity index (χ4v) is 1.71. The molecule has 0 unspecified atom stereocenters. The Morgan fingerprint density at radius 3 is 2.33 bits per heavy atom. The van der Waals surface area contributed by atoms with Crippen molar-refractivity contribution in [3.05, 3.63) is 0 Å². The van der Waals surface area contributed by atoms with E-state index in [0.717, 1.165) is 6.04 Å². The van der Waals surface area contributed by atoms with Crippen molar-refractivity contribution in [2.75, 3.05) is 6.54 Å². The van der Waals surface area contributed by atoms with Gasteiger partial charge in [0, 0.05) is 6.54 Å². The van der Waals surface area contributed by atoms with Gasteiger partial charge in [0.15, 0.2) is 0 Å². The molecular formula is C5H13NO2Si. The van der Waals surface area contributed by atoms with Crippen LogP contribution in [0.15, 0.2) is 0 Å². The van der Waals surface area contributed by atoms with E-state index in [2.05, 4.69) is 0 Å². The minimum absolute atomic E-state index is 0.478. The third-order valence-electron chi connectivity index (χ3n) is 1.15. The van der Waals surface area contributed by atoms with Gasteiger partial charge in [-0.1, -0.05) is 6.92 Å². The van der Waals surface area contributed by atoms with Crippen LogP contribution in [0.4, 0.5) is 4.79 Å². The molecule has 0 aromatic heterocycles. The predicted octanol–water partition coefficient (Wildman–Crippen LogP) is 0.508. The van der Waals surface area contributed by atoms with Gasteiger partial charge in [0.05, 0.1) is 0 Å². The first-order valence-corrected chi connectivity index (χ1v) is 4.83. The molecule has 0 rings (SSSR count). The van der Waals surface area contributed by atoms with Crippen molar-refractivity contribution in [2.24, 2.45) is 0 Å². The summed E-state index contributed by atoms with van der Waals surface area (Å²) in [5.41, 5.74) is 0. The lowest BCUT2D eigenvalue weighted by molar-refractivity contribution is 0.173. The van der Waals surface area contributed by atoms with Crippen molar-refractivity contribution in [2.45, 2.75) is 19.9 Å². The van der Waals surface area contributed by atoms with Gasteiger partial charge in [0.1, 0.15) is 9.68 Å². The Morgan fingerprint density at radius 1 is 1.67 bits per heavy atom. The topological polar surface area (TPSA) is 40.5 Å². The third-order valence-corrected chi connectivity index (χ3v) is 2.85. The second-order valence-corrected chi connectivity index (χ2v) is 4.07. The summed E-state index contributed by atoms with van der Waals surface area (Å²) < 4.78 is 1.53. The number of carbonyl (C=O) groups is 1. The van der Waals surface area contributed by atoms with Crippen LogP contribution in [0.5, 0.6) is 0 Å². The minimum Gasteiger partial charge on any atom is -0.465 e. The number of amides is 1. The van der Waals surface area contributed by atoms with E-state index >= 15 is 0 Å². The summed E-state index contributed by atoms with van der Waals surface area (Å²) in [4.78, 5) is 10.3. The highest BCUT2D eigenvalue weighted by Gasteiger charge is 2.05. The van der Waals surface area contributed by atoms with Gasteiger partial charge < -0.3 is 9.67 Å². The fourth-order valence-electron chi connectivity index (χ4n) is 0.659. The standard InChI is InChI=1S/C5H13NO2Si/c1-3-6(5(7)8)9-4-2/h3-4,9H2,1-2H3,(H,7,8). The molecule has 0 fully saturated rings. The van der Waals surface area contributed by atoms with Crippen LogP contribution >= 0.6 is 0 Å². The monoisotopic (exact) mass is 147 g/mol. The summed E-state index contributed by atoms with van der Waals surface area (Å²) in [6, 6.07) is 1.03. The zero-order chi connectivity index (χ0) is 7.28. The van der Waals surface area contributed by atoms with Crippen LogP contribution in [-0.4, -0.2) is 32.0 Å². The Kier molecular flexibility index (Phi) is 4.12. The van der Waals surface area contributed by atoms with Crippen molar-refractivity contribution in [1.29, 1.82) is 0 Å². The molecule has 0 heterocycles. The van der Waals surface area contributed by atoms with E-state index in [1.165, 1.54) is 4.57 Å². The van der Waals surface area contributed by atoms with Gasteiger partial charge in [0.25, 0.3) is 0 Å². The van der Waals surface area contributed by atoms with Crippen LogP contribution in [-0.2, 0) is 0 Å². The molecule has 4 heteroatoms. The smallest absolute Gasteiger partial charge is 0.398 e. The normalized spacial score (nSPS) is 10.4. The maximum absolute atomic E-state index is 10.3. The summed E-state index contributed by atoms with van der Waals surface area (Å²) in [5, 5.41) is 8.46. The molecule has 0 saturated carbocycles. The summed E-state index contributed by atoms with van der Waals surface area (Å²) >= 11 is 0. The van der Waals surface area contributed by atoms with Crippen molar-refractivity contribution < 1.29 is 9.90 Å². The average molecular weight is 147 g/mol. The van der Waals surface area contributed by atoms with Crippen LogP contribution < -0.4 is 0 Å². The van der Waals surface area contributed by atoms with E-state index < -0.39 is 15.8 Å². The second kappa shape index (κ2) is 4.37. The van der Waals surface area contributed by atoms with Gasteiger partial charge in [-0.05, 0) is 13.0 Å². The Bertz CT molecular complexity index is 97.0. The first-order chi connectivity index (χ1) is 4.22. The highest BCUT2D eigenvalue weighted by atomic mass is 28.2. The zero-order valence-electron chi connectivity index (χ0n) is 5.92. The molecule has 0 saturated heterocycles. The summed E-state index contributed by atoms with van der Waals surface area (Å²) in [6.45, 7) is 4.55. The first-order valence-electron chi connectivity index (χ1n) is 3.20. The molecule has 0 radical (unpaired) electrons. The largest absolute Gasteiger partial charge is 0.465 e. The second-order valence-electron chi connectivity index (χ2n) is 1.86. The van der Waals surface area contributed by atoms with E-state index in [1.807, 2.05) is 13.8 Å². The van der Waals surface area contributed by atoms with Crippen molar-refractivity contribution in [1.82, 2.24) is 4.57 Å². The summed E-state index contributed by atoms with van der Waals surface area (Å²) in [7, 11) is -0.478. The number of nitrogens with zero attached hydrogens (tertiary/aromatic N) is 1. The highest BCUT2D eigenvalue weighted by molar-refractivity contribution is 6.35. The quantitative estimate of drug-likeness (QED) is 0.591. The first kappa shape index (κ1) is 8.49. The Balaban J connectivity index is 3.54. The number of hydrogen-bond donors (Lipinski definition) is 1. The zero-order valence-corrected chi connectivity index (χ0v) is 7.34. The lowest BCUT2D eigenvalue weighted by atomic mass is 10.8. The fraction of sp³-hybridized carbons (Fsp3) is 0.800. The van der Waals surface area contributed by atoms with Gasteiger partial charge in [-0.25, -0.2) is 4.79 Å². The van der Waals surface area contributed by atoms with Crippen LogP contribution in [0.3, 0.4) is 0 Å². The van der Waals surface area contributed by atoms with E-state index in [9.17, 15) is 4.79 Å². The molecule has 0 aliphatic rings. The summed E-state index contributed by atoms with van der Waals surface area (Å²) in [5.74, 6) is 0. The van der Waals surface area contributed by atoms with Crippen molar-refractivity contribution in [3.63, 3.8) is 0 Å². The van der Waals surface area contributed by atoms with E-state index in [4.69, 9.17) is 5.11 Å². The molecule has 54 valence electrons. The SMILES string of the molecule is CC[SiH2]N(CC)C(=O)O. The number of carboxylic acid groups (broad SMARTS) is 1. The third kappa shape index (κ3) is 3.13. The molecule has 1 amide bonds. The van der Waals surface area contributed by atoms with Crippen LogP contribution in [0.25, 0.3) is 0 Å². The van der Waals surface area contributed by atoms with Crippen LogP contribution in [0.1, 0.15) is 13.8 Å². The van der Waals surface area contributed by atoms with Gasteiger partial charge >= 0.3 is 6.09 Å². The van der Waals surface area contributed by atoms with Crippen molar-refractivity contribution >= 4 is 15.8 Å². The highest BCUT2D eigenvalue weighted by Crippen LogP contribution is 1.87. The molecule has 0 aromatic carbocycles. The molecule has 0 aliphatic carbocycles. The van der Waals surface area contributed by atoms with Gasteiger partial charge in [-0.3, -0.25) is 0 Å². The maximum atomic E-state index is 10.3. The van der Waals surface area contributed by atoms with E-state index in [0.29, 0.717) is 6.54 Å². The van der Waals surface area contributed by atoms with Crippen LogP contribution in [0.2, 0.25) is 6.04 Å². The van der Waals surface area contributed by atoms with Gasteiger partial charge in [0.2, 0.25) is 0 Å². The molecule has 0 aromatic rings. The molecule has 0 spiro atoms. The predicted molar refractivity (Wildman–Crippen MR) is 39.4 cm³/mol. The Hall–Kier alpha value is -0.513. The average Bonchev–Trinajstić information content (AvgIpc) is 1.82. The molecular weight excluding hydrogens is 134 g/mol. The molecule has 0 bridgehead atoms. The Morgan fingerprint density at radius 2 is 2.22 bits per heavy atom. The van der Waals surface area contributed by atoms with Crippen LogP contribution in [0, 0.1) is 0 Å². The lowest BCUT2D eigenvalue weighted by Crippen LogP contribution is -2.32. The minimum atomic E-state index is -0.758. The van der Waals surface area contributed by atoms with Crippen molar-refractivity contribution in [3.8, 4) is 0 Å².